The summed E-state index contributed by atoms with van der Waals surface area (Å²) in [6.07, 6.45) is 0.952. The Morgan fingerprint density at radius 1 is 0.965 bits per heavy atom. The smallest absolute Gasteiger partial charge is 0.409 e. The van der Waals surface area contributed by atoms with Crippen molar-refractivity contribution in [2.75, 3.05) is 106 Å². The third kappa shape index (κ3) is 19.4. The van der Waals surface area contributed by atoms with Gasteiger partial charge in [0.05, 0.1) is 95.0 Å². The van der Waals surface area contributed by atoms with Crippen LogP contribution in [0.15, 0.2) is 66.3 Å². The number of hydrogen-bond acceptors (Lipinski definition) is 17. The van der Waals surface area contributed by atoms with Gasteiger partial charge in [0.15, 0.2) is 5.72 Å². The molecule has 2 fully saturated rings. The second-order valence-electron chi connectivity index (χ2n) is 22.6. The molecule has 1 unspecified atom stereocenters. The Morgan fingerprint density at radius 3 is 2.29 bits per heavy atom. The summed E-state index contributed by atoms with van der Waals surface area (Å²) in [4.78, 5) is 85.4. The molecule has 23 heteroatoms. The zero-order valence-electron chi connectivity index (χ0n) is 51.0. The number of likely N-dealkylation sites (N-methyl/N-ethyl adjacent to an activating group) is 1. The number of methoxy groups -OCH3 is 1. The van der Waals surface area contributed by atoms with Gasteiger partial charge in [-0.3, -0.25) is 24.5 Å². The highest BCUT2D eigenvalue weighted by molar-refractivity contribution is 6.34. The Labute approximate surface area is 511 Å². The number of allylic oxidation sites excluding steroid dienone is 3. The van der Waals surface area contributed by atoms with E-state index < -0.39 is 84.1 Å². The van der Waals surface area contributed by atoms with Gasteiger partial charge in [0.25, 0.3) is 0 Å². The number of Topliss-reactive ketones (excluding diaryl/α,β-unsaturated/α-hetero) is 1. The average Bonchev–Trinajstić information content (AvgIpc) is 1.67. The Bertz CT molecular complexity index is 2830. The number of fused-ring (bicyclic) bond motifs is 6. The minimum absolute atomic E-state index is 0. The molecular formula is C63H93ClN6O16. The molecule has 86 heavy (non-hydrogen) atoms. The van der Waals surface area contributed by atoms with Crippen LogP contribution in [0.25, 0.3) is 10.9 Å². The number of aliphatic hydroxyl groups is 2. The number of alkyl carbamates (subject to hydrolysis) is 1. The lowest BCUT2D eigenvalue weighted by molar-refractivity contribution is -0.162. The summed E-state index contributed by atoms with van der Waals surface area (Å²) in [6, 6.07) is 12.9. The normalized spacial score (nSPS) is 24.1. The van der Waals surface area contributed by atoms with Crippen LogP contribution in [0.4, 0.5) is 10.5 Å². The summed E-state index contributed by atoms with van der Waals surface area (Å²) < 4.78 is 48.4. The number of carbonyl (C=O) groups is 6. The highest BCUT2D eigenvalue weighted by Crippen LogP contribution is 2.49. The van der Waals surface area contributed by atoms with Crippen molar-refractivity contribution in [2.24, 2.45) is 11.8 Å². The van der Waals surface area contributed by atoms with Crippen molar-refractivity contribution in [1.82, 2.24) is 25.0 Å². The molecule has 1 aromatic heterocycles. The molecule has 6 rings (SSSR count). The molecule has 4 heterocycles. The number of aromatic nitrogens is 1. The number of nitrogens with one attached hydrogen (secondary N) is 2. The number of aliphatic hydroxyl groups excluding tert-OH is 1. The molecule has 3 aliphatic heterocycles. The lowest BCUT2D eigenvalue weighted by Crippen LogP contribution is -2.63. The molecule has 9 atom stereocenters. The van der Waals surface area contributed by atoms with Crippen LogP contribution in [-0.2, 0) is 81.4 Å². The fourth-order valence-corrected chi connectivity index (χ4v) is 10.9. The number of amides is 4. The fourth-order valence-electron chi connectivity index (χ4n) is 10.6. The minimum Gasteiger partial charge on any atom is -0.457 e. The van der Waals surface area contributed by atoms with Crippen molar-refractivity contribution < 1.29 is 76.9 Å². The summed E-state index contributed by atoms with van der Waals surface area (Å²) in [5, 5.41) is 28.5. The molecule has 0 spiro atoms. The number of ketones is 1. The summed E-state index contributed by atoms with van der Waals surface area (Å²) in [5.41, 5.74) is 2.11. The van der Waals surface area contributed by atoms with Gasteiger partial charge in [0.1, 0.15) is 35.7 Å². The molecule has 0 saturated carbocycles. The molecule has 2 aromatic carbocycles. The van der Waals surface area contributed by atoms with Crippen molar-refractivity contribution in [2.45, 2.75) is 142 Å². The first-order chi connectivity index (χ1) is 40.5. The van der Waals surface area contributed by atoms with Gasteiger partial charge in [0.2, 0.25) is 17.7 Å². The van der Waals surface area contributed by atoms with Gasteiger partial charge in [-0.15, -0.1) is 0 Å². The lowest BCUT2D eigenvalue weighted by Gasteiger charge is -2.42. The molecule has 4 bridgehead atoms. The lowest BCUT2D eigenvalue weighted by atomic mass is 9.83. The number of halogens is 1. The van der Waals surface area contributed by atoms with Crippen LogP contribution in [0.2, 0.25) is 5.02 Å². The van der Waals surface area contributed by atoms with Crippen LogP contribution in [0.3, 0.4) is 0 Å². The summed E-state index contributed by atoms with van der Waals surface area (Å²) >= 11 is 6.83. The van der Waals surface area contributed by atoms with E-state index in [0.717, 1.165) is 46.4 Å². The maximum absolute atomic E-state index is 14.3. The van der Waals surface area contributed by atoms with E-state index in [1.54, 1.807) is 33.0 Å². The van der Waals surface area contributed by atoms with E-state index in [1.807, 2.05) is 57.3 Å². The number of ether oxygens (including phenoxy) is 8. The Hall–Kier alpha value is -5.79. The Morgan fingerprint density at radius 2 is 1.63 bits per heavy atom. The second-order valence-corrected chi connectivity index (χ2v) is 22.9. The van der Waals surface area contributed by atoms with Gasteiger partial charge in [0, 0.05) is 77.2 Å². The van der Waals surface area contributed by atoms with Crippen LogP contribution in [-0.4, -0.2) is 203 Å². The van der Waals surface area contributed by atoms with Gasteiger partial charge in [-0.1, -0.05) is 80.9 Å². The summed E-state index contributed by atoms with van der Waals surface area (Å²) in [7, 11) is 6.56. The first-order valence-electron chi connectivity index (χ1n) is 29.3. The third-order valence-electron chi connectivity index (χ3n) is 16.2. The number of aryl methyl sites for hydroxylation is 2. The topological polar surface area (TPSA) is 259 Å². The Balaban J connectivity index is 0.0000135. The number of rotatable bonds is 29. The number of epoxide rings is 1. The molecule has 0 radical (unpaired) electrons. The number of anilines is 1. The highest BCUT2D eigenvalue weighted by atomic mass is 35.5. The number of para-hydroxylation sites is 1. The first-order valence-corrected chi connectivity index (χ1v) is 29.7. The van der Waals surface area contributed by atoms with E-state index in [-0.39, 0.29) is 97.4 Å². The molecular weight excluding hydrogens is 1130 g/mol. The van der Waals surface area contributed by atoms with E-state index in [4.69, 9.17) is 49.5 Å². The molecule has 4 N–H and O–H groups in total. The number of carbonyl (C=O) groups excluding carboxylic acids is 6. The largest absolute Gasteiger partial charge is 0.457 e. The number of nitrogens with zero attached hydrogens (tertiary/aromatic N) is 4. The Kier molecular flexibility index (Phi) is 27.7. The predicted octanol–water partition coefficient (Wildman–Crippen LogP) is 6.09. The van der Waals surface area contributed by atoms with E-state index in [0.29, 0.717) is 36.9 Å². The van der Waals surface area contributed by atoms with Gasteiger partial charge in [-0.25, -0.2) is 9.59 Å². The fraction of sp³-hybridized carbons (Fsp3) is 0.619. The van der Waals surface area contributed by atoms with Gasteiger partial charge in [-0.2, -0.15) is 0 Å². The number of hydrogen-bond donors (Lipinski definition) is 4. The summed E-state index contributed by atoms with van der Waals surface area (Å²) in [5.74, 6) is -3.52. The van der Waals surface area contributed by atoms with E-state index in [9.17, 15) is 39.0 Å². The van der Waals surface area contributed by atoms with Gasteiger partial charge < -0.3 is 72.7 Å². The molecule has 2 saturated heterocycles. The van der Waals surface area contributed by atoms with E-state index >= 15 is 0 Å². The molecule has 4 amide bonds. The van der Waals surface area contributed by atoms with Gasteiger partial charge >= 0.3 is 12.1 Å². The van der Waals surface area contributed by atoms with Crippen LogP contribution in [0.5, 0.6) is 0 Å². The van der Waals surface area contributed by atoms with Crippen LogP contribution in [0.1, 0.15) is 91.0 Å². The molecule has 22 nitrogen and oxygen atoms in total. The second kappa shape index (κ2) is 33.5. The van der Waals surface area contributed by atoms with Crippen molar-refractivity contribution in [3.05, 3.63) is 88.1 Å². The zero-order valence-corrected chi connectivity index (χ0v) is 51.8. The van der Waals surface area contributed by atoms with Crippen molar-refractivity contribution >= 4 is 63.8 Å². The molecule has 478 valence electrons. The molecule has 0 aliphatic carbocycles. The number of benzene rings is 2. The van der Waals surface area contributed by atoms with Crippen molar-refractivity contribution in [3.8, 4) is 0 Å². The van der Waals surface area contributed by atoms with E-state index in [1.165, 1.54) is 30.9 Å². The van der Waals surface area contributed by atoms with Crippen LogP contribution >= 0.6 is 11.6 Å². The zero-order chi connectivity index (χ0) is 62.0. The molecule has 3 aromatic rings. The maximum Gasteiger partial charge on any atom is 0.409 e. The monoisotopic (exact) mass is 1220 g/mol. The molecule has 3 aliphatic rings. The standard InChI is InChI=1S/C62H89ClN6O16.CH4/c1-11-66(7)38-47-34-45-16-12-13-17-49(45)69(47)22-19-48(71)35-46(39-70)58(74)64-21-24-80-26-28-82-30-29-81-27-25-79-23-20-54(72)67(8)43(5)59(75)84-53-36-55(73)68(9)50-33-44(32-41(3)56(50)63)31-40(2)15-14-18-52(78-10)62(77)37-51(83-60(76)65-62)42(4)57-61(53,6)85-57;/h12-18,32-34,42-43,46,51-53,57,70,77H,11,19-31,35-39H2,1-10H3,(H,64,74)(H,65,76);1H4/b18-14+,40-15+;/t42-,43+,46+,51+,52-,53+,57?,61+,62-;/m1./s1. The van der Waals surface area contributed by atoms with Crippen molar-refractivity contribution in [3.63, 3.8) is 0 Å². The third-order valence-corrected chi connectivity index (χ3v) is 16.7. The van der Waals surface area contributed by atoms with Crippen molar-refractivity contribution in [1.29, 1.82) is 0 Å². The van der Waals surface area contributed by atoms with Gasteiger partial charge in [-0.05, 0) is 82.4 Å². The minimum atomic E-state index is -1.85. The predicted molar refractivity (Wildman–Crippen MR) is 326 cm³/mol. The van der Waals surface area contributed by atoms with Crippen LogP contribution in [0, 0.1) is 18.8 Å². The van der Waals surface area contributed by atoms with Crippen LogP contribution < -0.4 is 15.5 Å². The maximum atomic E-state index is 14.3. The quantitative estimate of drug-likeness (QED) is 0.0348. The number of esters is 1. The average molecular weight is 1230 g/mol. The van der Waals surface area contributed by atoms with E-state index in [2.05, 4.69) is 39.2 Å². The SMILES string of the molecule is C.CCN(C)Cc1cc2ccccc2n1CCC(=O)C[C@@H](CO)C(=O)NCCOCCOCCOCCOCCC(=O)N(C)[C@@H](C)C(=O)O[C@H]1CC(=O)N(C)c2cc(cc(C)c2Cl)C/C(C)=C/C=C/[C@@H](OC)[C@]2(O)C[C@H](OC(=O)N2)[C@@H](C)C2O[C@]21C. The highest BCUT2D eigenvalue weighted by Gasteiger charge is 2.64. The first kappa shape index (κ1) is 71.0. The summed E-state index contributed by atoms with van der Waals surface area (Å²) in [6.45, 7) is 14.7.